The highest BCUT2D eigenvalue weighted by Crippen LogP contribution is 2.46. The van der Waals surface area contributed by atoms with Crippen LogP contribution in [0.4, 0.5) is 13.2 Å². The van der Waals surface area contributed by atoms with Gasteiger partial charge in [-0.3, -0.25) is 0 Å². The molecule has 152 valence electrons. The van der Waals surface area contributed by atoms with Gasteiger partial charge in [-0.15, -0.1) is 13.2 Å². The summed E-state index contributed by atoms with van der Waals surface area (Å²) < 4.78 is 48.6. The van der Waals surface area contributed by atoms with Crippen LogP contribution in [0, 0.1) is 11.3 Å². The fourth-order valence-electron chi connectivity index (χ4n) is 3.48. The molecule has 2 aromatic carbocycles. The number of halogens is 3. The number of rotatable bonds is 3. The Bertz CT molecular complexity index is 1160. The Balaban J connectivity index is 1.87. The summed E-state index contributed by atoms with van der Waals surface area (Å²) in [5.74, 6) is -0.731. The maximum absolute atomic E-state index is 12.5. The molecule has 0 saturated heterocycles. The van der Waals surface area contributed by atoms with Gasteiger partial charge in [0.1, 0.15) is 23.1 Å². The summed E-state index contributed by atoms with van der Waals surface area (Å²) in [7, 11) is 1.69. The van der Waals surface area contributed by atoms with Crippen LogP contribution in [0.1, 0.15) is 17.0 Å². The lowest BCUT2D eigenvalue weighted by molar-refractivity contribution is -0.274. The van der Waals surface area contributed by atoms with E-state index in [1.807, 2.05) is 30.3 Å². The van der Waals surface area contributed by atoms with Crippen molar-refractivity contribution >= 4 is 0 Å². The van der Waals surface area contributed by atoms with Gasteiger partial charge in [-0.05, 0) is 17.7 Å². The summed E-state index contributed by atoms with van der Waals surface area (Å²) in [5.41, 5.74) is 8.69. The van der Waals surface area contributed by atoms with Crippen LogP contribution in [0.15, 0.2) is 66.1 Å². The van der Waals surface area contributed by atoms with Gasteiger partial charge < -0.3 is 15.2 Å². The Morgan fingerprint density at radius 1 is 1.13 bits per heavy atom. The normalized spacial score (nSPS) is 15.9. The fourth-order valence-corrected chi connectivity index (χ4v) is 3.48. The summed E-state index contributed by atoms with van der Waals surface area (Å²) in [6.45, 7) is 0. The predicted molar refractivity (Wildman–Crippen MR) is 101 cm³/mol. The van der Waals surface area contributed by atoms with Gasteiger partial charge in [-0.25, -0.2) is 4.68 Å². The molecule has 30 heavy (non-hydrogen) atoms. The minimum absolute atomic E-state index is 0.0757. The third-order valence-corrected chi connectivity index (χ3v) is 4.69. The molecule has 2 N–H and O–H groups in total. The SMILES string of the molecule is Cn1nc(-c2ccccc2)c2c1OC(N)=C(C#N)C2c1ccc(OC(F)(F)F)cc1. The van der Waals surface area contributed by atoms with Crippen LogP contribution >= 0.6 is 0 Å². The fraction of sp³-hybridized carbons (Fsp3) is 0.143. The summed E-state index contributed by atoms with van der Waals surface area (Å²) >= 11 is 0. The second-order valence-corrected chi connectivity index (χ2v) is 6.60. The maximum Gasteiger partial charge on any atom is 0.573 e. The van der Waals surface area contributed by atoms with Crippen molar-refractivity contribution in [3.8, 4) is 29.0 Å². The number of benzene rings is 2. The molecule has 1 aliphatic heterocycles. The molecule has 4 rings (SSSR count). The number of nitrogens with zero attached hydrogens (tertiary/aromatic N) is 3. The van der Waals surface area contributed by atoms with E-state index >= 15 is 0 Å². The second kappa shape index (κ2) is 7.15. The molecule has 3 aromatic rings. The first kappa shape index (κ1) is 19.4. The van der Waals surface area contributed by atoms with Crippen LogP contribution in [0.3, 0.4) is 0 Å². The zero-order valence-electron chi connectivity index (χ0n) is 15.6. The molecule has 0 radical (unpaired) electrons. The van der Waals surface area contributed by atoms with Crippen molar-refractivity contribution < 1.29 is 22.6 Å². The van der Waals surface area contributed by atoms with Crippen LogP contribution in [0.2, 0.25) is 0 Å². The third-order valence-electron chi connectivity index (χ3n) is 4.69. The molecule has 0 bridgehead atoms. The number of nitrogens with two attached hydrogens (primary N) is 1. The molecule has 1 aromatic heterocycles. The van der Waals surface area contributed by atoms with Gasteiger partial charge in [0.25, 0.3) is 0 Å². The molecule has 0 aliphatic carbocycles. The molecule has 0 amide bonds. The highest BCUT2D eigenvalue weighted by molar-refractivity contribution is 5.71. The van der Waals surface area contributed by atoms with E-state index < -0.39 is 12.3 Å². The van der Waals surface area contributed by atoms with Gasteiger partial charge in [0.2, 0.25) is 11.8 Å². The van der Waals surface area contributed by atoms with Crippen LogP contribution in [0.5, 0.6) is 11.6 Å². The molecule has 1 aliphatic rings. The van der Waals surface area contributed by atoms with Crippen LogP contribution in [-0.2, 0) is 7.05 Å². The standard InChI is InChI=1S/C21H15F3N4O2/c1-28-20-17(18(27-28)13-5-3-2-4-6-13)16(15(11-25)19(26)29-20)12-7-9-14(10-8-12)30-21(22,23)24/h2-10,16H,26H2,1H3. The Labute approximate surface area is 169 Å². The van der Waals surface area contributed by atoms with Crippen molar-refractivity contribution in [2.24, 2.45) is 12.8 Å². The number of alkyl halides is 3. The molecule has 9 heteroatoms. The van der Waals surface area contributed by atoms with Crippen LogP contribution in [0.25, 0.3) is 11.3 Å². The lowest BCUT2D eigenvalue weighted by atomic mass is 9.83. The van der Waals surface area contributed by atoms with Gasteiger partial charge >= 0.3 is 6.36 Å². The molecule has 0 saturated carbocycles. The van der Waals surface area contributed by atoms with Gasteiger partial charge in [0, 0.05) is 12.6 Å². The molecular weight excluding hydrogens is 397 g/mol. The monoisotopic (exact) mass is 412 g/mol. The summed E-state index contributed by atoms with van der Waals surface area (Å²) in [4.78, 5) is 0. The van der Waals surface area contributed by atoms with Gasteiger partial charge in [-0.2, -0.15) is 10.4 Å². The van der Waals surface area contributed by atoms with Gasteiger partial charge in [0.05, 0.1) is 11.5 Å². The van der Waals surface area contributed by atoms with Crippen molar-refractivity contribution in [2.75, 3.05) is 0 Å². The van der Waals surface area contributed by atoms with Crippen molar-refractivity contribution in [3.05, 3.63) is 77.2 Å². The number of hydrogen-bond donors (Lipinski definition) is 1. The molecule has 2 heterocycles. The molecule has 0 spiro atoms. The number of ether oxygens (including phenoxy) is 2. The largest absolute Gasteiger partial charge is 0.573 e. The molecule has 1 atom stereocenters. The van der Waals surface area contributed by atoms with Crippen LogP contribution in [-0.4, -0.2) is 16.1 Å². The number of aromatic nitrogens is 2. The van der Waals surface area contributed by atoms with E-state index in [-0.39, 0.29) is 17.2 Å². The second-order valence-electron chi connectivity index (χ2n) is 6.60. The Hall–Kier alpha value is -3.93. The van der Waals surface area contributed by atoms with Gasteiger partial charge in [0.15, 0.2) is 0 Å². The minimum Gasteiger partial charge on any atom is -0.422 e. The number of nitriles is 1. The van der Waals surface area contributed by atoms with Crippen molar-refractivity contribution in [2.45, 2.75) is 12.3 Å². The summed E-state index contributed by atoms with van der Waals surface area (Å²) in [6.07, 6.45) is -4.79. The van der Waals surface area contributed by atoms with Crippen molar-refractivity contribution in [1.82, 2.24) is 9.78 Å². The highest BCUT2D eigenvalue weighted by Gasteiger charge is 2.37. The van der Waals surface area contributed by atoms with E-state index in [0.717, 1.165) is 5.56 Å². The van der Waals surface area contributed by atoms with E-state index in [4.69, 9.17) is 10.5 Å². The topological polar surface area (TPSA) is 86.1 Å². The molecular formula is C21H15F3N4O2. The first-order valence-corrected chi connectivity index (χ1v) is 8.84. The van der Waals surface area contributed by atoms with E-state index in [1.165, 1.54) is 28.9 Å². The van der Waals surface area contributed by atoms with Crippen molar-refractivity contribution in [3.63, 3.8) is 0 Å². The summed E-state index contributed by atoms with van der Waals surface area (Å²) in [6, 6.07) is 16.7. The quantitative estimate of drug-likeness (QED) is 0.697. The smallest absolute Gasteiger partial charge is 0.422 e. The van der Waals surface area contributed by atoms with Gasteiger partial charge in [-0.1, -0.05) is 42.5 Å². The molecule has 1 unspecified atom stereocenters. The van der Waals surface area contributed by atoms with E-state index in [0.29, 0.717) is 22.7 Å². The third kappa shape index (κ3) is 3.43. The molecule has 0 fully saturated rings. The maximum atomic E-state index is 12.5. The summed E-state index contributed by atoms with van der Waals surface area (Å²) in [5, 5.41) is 14.3. The van der Waals surface area contributed by atoms with Crippen molar-refractivity contribution in [1.29, 1.82) is 5.26 Å². The lowest BCUT2D eigenvalue weighted by Gasteiger charge is -2.25. The zero-order valence-corrected chi connectivity index (χ0v) is 15.6. The molecule has 6 nitrogen and oxygen atoms in total. The number of hydrogen-bond acceptors (Lipinski definition) is 5. The first-order valence-electron chi connectivity index (χ1n) is 8.84. The van der Waals surface area contributed by atoms with Crippen LogP contribution < -0.4 is 15.2 Å². The number of fused-ring (bicyclic) bond motifs is 1. The predicted octanol–water partition coefficient (Wildman–Crippen LogP) is 4.20. The first-order chi connectivity index (χ1) is 14.3. The number of allylic oxidation sites excluding steroid dienone is 1. The Kier molecular flexibility index (Phi) is 4.62. The minimum atomic E-state index is -4.79. The average molecular weight is 412 g/mol. The average Bonchev–Trinajstić information content (AvgIpc) is 3.03. The lowest BCUT2D eigenvalue weighted by Crippen LogP contribution is -2.22. The number of aryl methyl sites for hydroxylation is 1. The highest BCUT2D eigenvalue weighted by atomic mass is 19.4. The Morgan fingerprint density at radius 2 is 1.80 bits per heavy atom. The van der Waals surface area contributed by atoms with E-state index in [2.05, 4.69) is 15.9 Å². The van der Waals surface area contributed by atoms with E-state index in [1.54, 1.807) is 7.05 Å². The van der Waals surface area contributed by atoms with E-state index in [9.17, 15) is 18.4 Å². The zero-order chi connectivity index (χ0) is 21.5. The Morgan fingerprint density at radius 3 is 2.40 bits per heavy atom.